The van der Waals surface area contributed by atoms with Crippen molar-refractivity contribution in [3.05, 3.63) is 52.5 Å². The maximum Gasteiger partial charge on any atom is 0.315 e. The van der Waals surface area contributed by atoms with Crippen LogP contribution in [0.5, 0.6) is 17.2 Å². The molecule has 2 aromatic rings. The average Bonchev–Trinajstić information content (AvgIpc) is 2.72. The molecule has 1 fully saturated rings. The fraction of sp³-hybridized carbons (Fsp3) is 0.435. The van der Waals surface area contributed by atoms with E-state index in [0.717, 1.165) is 42.7 Å². The topological polar surface area (TPSA) is 79.8 Å². The van der Waals surface area contributed by atoms with Crippen LogP contribution in [-0.2, 0) is 6.42 Å². The van der Waals surface area contributed by atoms with Gasteiger partial charge in [0, 0.05) is 17.6 Å². The number of phenolic OH excluding ortho intramolecular Hbond substituents is 1. The molecule has 0 aliphatic heterocycles. The van der Waals surface area contributed by atoms with Gasteiger partial charge in [-0.15, -0.1) is 0 Å². The summed E-state index contributed by atoms with van der Waals surface area (Å²) >= 11 is 5.93. The molecule has 0 spiro atoms. The largest absolute Gasteiger partial charge is 0.502 e. The standard InChI is InChI=1S/C23H29ClN2O4/c1-29-20-11-15(12-21(30-2)22(20)27)5-3-4-10-25-23(28)26-19-13-17(14-19)16-6-8-18(24)9-7-16/h6-9,11-12,17,19,27H,3-5,10,13-14H2,1-2H3,(H2,25,26,28). The van der Waals surface area contributed by atoms with Gasteiger partial charge in [-0.1, -0.05) is 23.7 Å². The van der Waals surface area contributed by atoms with Crippen LogP contribution in [0.2, 0.25) is 5.02 Å². The van der Waals surface area contributed by atoms with Gasteiger partial charge in [0.15, 0.2) is 11.5 Å². The Labute approximate surface area is 182 Å². The zero-order valence-electron chi connectivity index (χ0n) is 17.4. The normalized spacial score (nSPS) is 17.7. The highest BCUT2D eigenvalue weighted by molar-refractivity contribution is 6.30. The van der Waals surface area contributed by atoms with E-state index < -0.39 is 0 Å². The maximum atomic E-state index is 12.1. The molecule has 0 aromatic heterocycles. The van der Waals surface area contributed by atoms with Gasteiger partial charge in [0.05, 0.1) is 14.2 Å². The number of rotatable bonds is 9. The van der Waals surface area contributed by atoms with Crippen molar-refractivity contribution in [3.63, 3.8) is 0 Å². The summed E-state index contributed by atoms with van der Waals surface area (Å²) in [4.78, 5) is 12.1. The van der Waals surface area contributed by atoms with Gasteiger partial charge in [0.1, 0.15) is 0 Å². The van der Waals surface area contributed by atoms with E-state index in [0.29, 0.717) is 24.0 Å². The predicted octanol–water partition coefficient (Wildman–Crippen LogP) is 4.63. The van der Waals surface area contributed by atoms with E-state index in [1.807, 2.05) is 24.3 Å². The van der Waals surface area contributed by atoms with Crippen LogP contribution in [0.25, 0.3) is 0 Å². The number of amides is 2. The van der Waals surface area contributed by atoms with E-state index in [1.54, 1.807) is 0 Å². The quantitative estimate of drug-likeness (QED) is 0.504. The van der Waals surface area contributed by atoms with Crippen molar-refractivity contribution in [1.29, 1.82) is 0 Å². The van der Waals surface area contributed by atoms with E-state index in [9.17, 15) is 9.90 Å². The minimum Gasteiger partial charge on any atom is -0.502 e. The number of phenols is 1. The van der Waals surface area contributed by atoms with Gasteiger partial charge < -0.3 is 25.2 Å². The zero-order valence-corrected chi connectivity index (χ0v) is 18.2. The average molecular weight is 433 g/mol. The summed E-state index contributed by atoms with van der Waals surface area (Å²) in [5, 5.41) is 16.7. The number of unbranched alkanes of at least 4 members (excludes halogenated alkanes) is 1. The Morgan fingerprint density at radius 1 is 1.10 bits per heavy atom. The SMILES string of the molecule is COc1cc(CCCCNC(=O)NC2CC(c3ccc(Cl)cc3)C2)cc(OC)c1O. The van der Waals surface area contributed by atoms with Crippen LogP contribution < -0.4 is 20.1 Å². The molecule has 2 amide bonds. The lowest BCUT2D eigenvalue weighted by Gasteiger charge is -2.36. The number of methoxy groups -OCH3 is 2. The second kappa shape index (κ2) is 10.4. The fourth-order valence-corrected chi connectivity index (χ4v) is 3.85. The lowest BCUT2D eigenvalue weighted by atomic mass is 9.76. The highest BCUT2D eigenvalue weighted by atomic mass is 35.5. The number of hydrogen-bond donors (Lipinski definition) is 3. The molecule has 1 aliphatic carbocycles. The summed E-state index contributed by atoms with van der Waals surface area (Å²) < 4.78 is 10.4. The molecule has 2 aromatic carbocycles. The molecule has 30 heavy (non-hydrogen) atoms. The third kappa shape index (κ3) is 5.72. The Balaban J connectivity index is 1.32. The highest BCUT2D eigenvalue weighted by Gasteiger charge is 2.31. The summed E-state index contributed by atoms with van der Waals surface area (Å²) in [6.07, 6.45) is 4.48. The number of urea groups is 1. The van der Waals surface area contributed by atoms with Crippen molar-refractivity contribution in [2.24, 2.45) is 0 Å². The first-order valence-corrected chi connectivity index (χ1v) is 10.6. The van der Waals surface area contributed by atoms with Crippen LogP contribution in [0.1, 0.15) is 42.7 Å². The second-order valence-electron chi connectivity index (χ2n) is 7.62. The van der Waals surface area contributed by atoms with Crippen molar-refractivity contribution in [3.8, 4) is 17.2 Å². The number of halogens is 1. The lowest BCUT2D eigenvalue weighted by Crippen LogP contribution is -2.47. The van der Waals surface area contributed by atoms with Crippen LogP contribution in [0.15, 0.2) is 36.4 Å². The molecule has 3 rings (SSSR count). The Morgan fingerprint density at radius 3 is 2.33 bits per heavy atom. The molecule has 0 saturated heterocycles. The number of ether oxygens (including phenoxy) is 2. The maximum absolute atomic E-state index is 12.1. The predicted molar refractivity (Wildman–Crippen MR) is 118 cm³/mol. The third-order valence-corrected chi connectivity index (χ3v) is 5.78. The lowest BCUT2D eigenvalue weighted by molar-refractivity contribution is 0.222. The molecule has 162 valence electrons. The number of hydrogen-bond acceptors (Lipinski definition) is 4. The minimum atomic E-state index is -0.109. The third-order valence-electron chi connectivity index (χ3n) is 5.53. The van der Waals surface area contributed by atoms with Crippen molar-refractivity contribution >= 4 is 17.6 Å². The molecule has 6 nitrogen and oxygen atoms in total. The summed E-state index contributed by atoms with van der Waals surface area (Å²) in [7, 11) is 3.03. The number of carbonyl (C=O) groups excluding carboxylic acids is 1. The molecular weight excluding hydrogens is 404 g/mol. The van der Waals surface area contributed by atoms with Crippen LogP contribution in [0.4, 0.5) is 4.79 Å². The molecule has 7 heteroatoms. The number of carbonyl (C=O) groups is 1. The molecule has 0 unspecified atom stereocenters. The Kier molecular flexibility index (Phi) is 7.69. The van der Waals surface area contributed by atoms with Crippen molar-refractivity contribution in [2.75, 3.05) is 20.8 Å². The summed E-state index contributed by atoms with van der Waals surface area (Å²) in [6.45, 7) is 0.617. The molecule has 0 radical (unpaired) electrons. The Hall–Kier alpha value is -2.60. The zero-order chi connectivity index (χ0) is 21.5. The van der Waals surface area contributed by atoms with Gasteiger partial charge in [-0.2, -0.15) is 0 Å². The van der Waals surface area contributed by atoms with E-state index in [-0.39, 0.29) is 17.8 Å². The molecule has 0 bridgehead atoms. The molecular formula is C23H29ClN2O4. The van der Waals surface area contributed by atoms with Crippen LogP contribution in [0, 0.1) is 0 Å². The molecule has 0 atom stereocenters. The Bertz CT molecular complexity index is 826. The molecule has 1 saturated carbocycles. The van der Waals surface area contributed by atoms with Gasteiger partial charge in [-0.25, -0.2) is 4.79 Å². The minimum absolute atomic E-state index is 0.0105. The monoisotopic (exact) mass is 432 g/mol. The smallest absolute Gasteiger partial charge is 0.315 e. The molecule has 3 N–H and O–H groups in total. The number of aryl methyl sites for hydroxylation is 1. The van der Waals surface area contributed by atoms with Gasteiger partial charge in [0.25, 0.3) is 0 Å². The van der Waals surface area contributed by atoms with Crippen molar-refractivity contribution < 1.29 is 19.4 Å². The van der Waals surface area contributed by atoms with Gasteiger partial charge in [-0.05, 0) is 73.4 Å². The van der Waals surface area contributed by atoms with Crippen LogP contribution in [0.3, 0.4) is 0 Å². The summed E-state index contributed by atoms with van der Waals surface area (Å²) in [5.41, 5.74) is 2.30. The van der Waals surface area contributed by atoms with Crippen molar-refractivity contribution in [1.82, 2.24) is 10.6 Å². The van der Waals surface area contributed by atoms with Gasteiger partial charge in [-0.3, -0.25) is 0 Å². The van der Waals surface area contributed by atoms with Gasteiger partial charge >= 0.3 is 6.03 Å². The van der Waals surface area contributed by atoms with Crippen LogP contribution in [-0.4, -0.2) is 37.9 Å². The van der Waals surface area contributed by atoms with Crippen LogP contribution >= 0.6 is 11.6 Å². The van der Waals surface area contributed by atoms with E-state index >= 15 is 0 Å². The number of nitrogens with one attached hydrogen (secondary N) is 2. The first-order valence-electron chi connectivity index (χ1n) is 10.2. The first kappa shape index (κ1) is 22.1. The number of aromatic hydroxyl groups is 1. The van der Waals surface area contributed by atoms with E-state index in [1.165, 1.54) is 19.8 Å². The first-order chi connectivity index (χ1) is 14.5. The summed E-state index contributed by atoms with van der Waals surface area (Å²) in [6, 6.07) is 11.7. The van der Waals surface area contributed by atoms with E-state index in [2.05, 4.69) is 22.8 Å². The highest BCUT2D eigenvalue weighted by Crippen LogP contribution is 2.38. The fourth-order valence-electron chi connectivity index (χ4n) is 3.73. The second-order valence-corrected chi connectivity index (χ2v) is 8.06. The van der Waals surface area contributed by atoms with E-state index in [4.69, 9.17) is 21.1 Å². The van der Waals surface area contributed by atoms with Crippen molar-refractivity contribution in [2.45, 2.75) is 44.1 Å². The van der Waals surface area contributed by atoms with Gasteiger partial charge in [0.2, 0.25) is 5.75 Å². The summed E-state index contributed by atoms with van der Waals surface area (Å²) in [5.74, 6) is 1.31. The molecule has 1 aliphatic rings. The number of benzene rings is 2. The molecule has 0 heterocycles. The Morgan fingerprint density at radius 2 is 1.73 bits per heavy atom.